The van der Waals surface area contributed by atoms with Crippen LogP contribution in [0.4, 0.5) is 0 Å². The molecule has 0 saturated heterocycles. The lowest BCUT2D eigenvalue weighted by molar-refractivity contribution is 0.0962. The van der Waals surface area contributed by atoms with Gasteiger partial charge in [-0.25, -0.2) is 4.98 Å². The number of benzene rings is 2. The minimum absolute atomic E-state index is 0.0685. The first-order chi connectivity index (χ1) is 13.5. The van der Waals surface area contributed by atoms with Gasteiger partial charge in [-0.3, -0.25) is 4.79 Å². The van der Waals surface area contributed by atoms with Gasteiger partial charge in [0, 0.05) is 54.0 Å². The molecule has 4 rings (SSSR count). The maximum atomic E-state index is 12.7. The third-order valence-corrected chi connectivity index (χ3v) is 5.66. The van der Waals surface area contributed by atoms with E-state index in [0.717, 1.165) is 11.0 Å². The highest BCUT2D eigenvalue weighted by Gasteiger charge is 2.20. The van der Waals surface area contributed by atoms with Gasteiger partial charge in [0.05, 0.1) is 0 Å². The van der Waals surface area contributed by atoms with Gasteiger partial charge in [0.2, 0.25) is 0 Å². The normalized spacial score (nSPS) is 12.4. The highest BCUT2D eigenvalue weighted by atomic mass is 79.9. The summed E-state index contributed by atoms with van der Waals surface area (Å²) in [6, 6.07) is 16.8. The van der Waals surface area contributed by atoms with Crippen LogP contribution in [-0.2, 0) is 13.6 Å². The Bertz CT molecular complexity index is 1130. The predicted octanol–water partition coefficient (Wildman–Crippen LogP) is 5.56. The van der Waals surface area contributed by atoms with Crippen molar-refractivity contribution in [1.82, 2.24) is 14.1 Å². The van der Waals surface area contributed by atoms with E-state index < -0.39 is 0 Å². The zero-order valence-electron chi connectivity index (χ0n) is 16.0. The molecule has 28 heavy (non-hydrogen) atoms. The lowest BCUT2D eigenvalue weighted by Crippen LogP contribution is -2.10. The van der Waals surface area contributed by atoms with E-state index in [1.165, 1.54) is 22.0 Å². The average molecular weight is 436 g/mol. The van der Waals surface area contributed by atoms with E-state index in [4.69, 9.17) is 0 Å². The van der Waals surface area contributed by atoms with Crippen LogP contribution in [0.2, 0.25) is 0 Å². The number of aryl methyl sites for hydroxylation is 1. The molecule has 2 aromatic carbocycles. The number of imidazole rings is 1. The summed E-state index contributed by atoms with van der Waals surface area (Å²) >= 11 is 3.59. The summed E-state index contributed by atoms with van der Waals surface area (Å²) < 4.78 is 5.10. The molecule has 0 aliphatic carbocycles. The second kappa shape index (κ2) is 7.76. The lowest BCUT2D eigenvalue weighted by atomic mass is 9.95. The fourth-order valence-corrected chi connectivity index (χ4v) is 4.08. The van der Waals surface area contributed by atoms with Gasteiger partial charge in [-0.15, -0.1) is 0 Å². The molecule has 2 heterocycles. The van der Waals surface area contributed by atoms with Crippen LogP contribution in [0, 0.1) is 0 Å². The smallest absolute Gasteiger partial charge is 0.198 e. The number of ketones is 1. The van der Waals surface area contributed by atoms with E-state index in [1.807, 2.05) is 13.1 Å². The van der Waals surface area contributed by atoms with Crippen molar-refractivity contribution >= 4 is 32.6 Å². The number of aromatic nitrogens is 3. The number of hydrogen-bond donors (Lipinski definition) is 0. The number of halogens is 1. The Morgan fingerprint density at radius 2 is 1.96 bits per heavy atom. The number of fused-ring (bicyclic) bond motifs is 1. The number of carbonyl (C=O) groups excluding carboxylic acids is 1. The molecule has 142 valence electrons. The van der Waals surface area contributed by atoms with Gasteiger partial charge in [-0.2, -0.15) is 0 Å². The van der Waals surface area contributed by atoms with Gasteiger partial charge in [-0.1, -0.05) is 53.2 Å². The molecule has 0 aliphatic heterocycles. The molecular formula is C23H22BrN3O. The van der Waals surface area contributed by atoms with Crippen LogP contribution in [0.15, 0.2) is 71.6 Å². The molecule has 0 aliphatic rings. The lowest BCUT2D eigenvalue weighted by Gasteiger charge is -2.10. The quantitative estimate of drug-likeness (QED) is 0.371. The predicted molar refractivity (Wildman–Crippen MR) is 116 cm³/mol. The zero-order chi connectivity index (χ0) is 19.7. The standard InChI is InChI=1S/C23H22BrN3O/c1-16(12-22(28)23-25-10-11-26(23)2)20-15-27(14-17-6-4-3-5-7-17)21-9-8-18(24)13-19(20)21/h3-11,13,15-16H,12,14H2,1-2H3/t16-/m1/s1. The van der Waals surface area contributed by atoms with Gasteiger partial charge in [0.25, 0.3) is 0 Å². The van der Waals surface area contributed by atoms with E-state index >= 15 is 0 Å². The first-order valence-electron chi connectivity index (χ1n) is 9.35. The third-order valence-electron chi connectivity index (χ3n) is 5.16. The monoisotopic (exact) mass is 435 g/mol. The maximum Gasteiger partial charge on any atom is 0.198 e. The molecule has 0 N–H and O–H groups in total. The van der Waals surface area contributed by atoms with Gasteiger partial charge in [0.15, 0.2) is 11.6 Å². The minimum Gasteiger partial charge on any atom is -0.343 e. The van der Waals surface area contributed by atoms with Crippen molar-refractivity contribution in [2.24, 2.45) is 7.05 Å². The van der Waals surface area contributed by atoms with E-state index in [-0.39, 0.29) is 11.7 Å². The Morgan fingerprint density at radius 1 is 1.18 bits per heavy atom. The topological polar surface area (TPSA) is 39.8 Å². The van der Waals surface area contributed by atoms with Crippen molar-refractivity contribution < 1.29 is 4.79 Å². The first kappa shape index (κ1) is 18.7. The van der Waals surface area contributed by atoms with Crippen molar-refractivity contribution in [3.63, 3.8) is 0 Å². The van der Waals surface area contributed by atoms with Crippen molar-refractivity contribution in [2.75, 3.05) is 0 Å². The van der Waals surface area contributed by atoms with E-state index in [9.17, 15) is 4.79 Å². The van der Waals surface area contributed by atoms with Crippen LogP contribution in [0.1, 0.15) is 41.0 Å². The summed E-state index contributed by atoms with van der Waals surface area (Å²) in [6.45, 7) is 2.92. The molecule has 0 saturated carbocycles. The number of nitrogens with zero attached hydrogens (tertiary/aromatic N) is 3. The largest absolute Gasteiger partial charge is 0.343 e. The molecule has 0 spiro atoms. The van der Waals surface area contributed by atoms with Crippen LogP contribution in [0.5, 0.6) is 0 Å². The van der Waals surface area contributed by atoms with Crippen LogP contribution >= 0.6 is 15.9 Å². The molecule has 1 atom stereocenters. The molecule has 0 radical (unpaired) electrons. The van der Waals surface area contributed by atoms with Crippen LogP contribution in [0.3, 0.4) is 0 Å². The van der Waals surface area contributed by atoms with E-state index in [0.29, 0.717) is 12.2 Å². The highest BCUT2D eigenvalue weighted by molar-refractivity contribution is 9.10. The number of hydrogen-bond acceptors (Lipinski definition) is 2. The SMILES string of the molecule is C[C@H](CC(=O)c1nccn1C)c1cn(Cc2ccccc2)c2ccc(Br)cc12. The molecule has 5 heteroatoms. The average Bonchev–Trinajstić information content (AvgIpc) is 3.26. The Morgan fingerprint density at radius 3 is 2.68 bits per heavy atom. The summed E-state index contributed by atoms with van der Waals surface area (Å²) in [5.41, 5.74) is 3.62. The van der Waals surface area contributed by atoms with Gasteiger partial charge < -0.3 is 9.13 Å². The number of Topliss-reactive ketones (excluding diaryl/α,β-unsaturated/α-hetero) is 1. The van der Waals surface area contributed by atoms with Crippen molar-refractivity contribution in [3.8, 4) is 0 Å². The van der Waals surface area contributed by atoms with Crippen molar-refractivity contribution in [2.45, 2.75) is 25.8 Å². The molecule has 0 amide bonds. The zero-order valence-corrected chi connectivity index (χ0v) is 17.6. The number of rotatable bonds is 6. The third kappa shape index (κ3) is 3.67. The van der Waals surface area contributed by atoms with Gasteiger partial charge in [0.1, 0.15) is 0 Å². The summed E-state index contributed by atoms with van der Waals surface area (Å²) in [5.74, 6) is 0.679. The van der Waals surface area contributed by atoms with Crippen molar-refractivity contribution in [3.05, 3.63) is 88.5 Å². The molecule has 0 fully saturated rings. The summed E-state index contributed by atoms with van der Waals surface area (Å²) in [6.07, 6.45) is 6.10. The van der Waals surface area contributed by atoms with Crippen LogP contribution in [-0.4, -0.2) is 19.9 Å². The molecule has 4 aromatic rings. The Balaban J connectivity index is 1.69. The second-order valence-electron chi connectivity index (χ2n) is 7.25. The fraction of sp³-hybridized carbons (Fsp3) is 0.217. The summed E-state index contributed by atoms with van der Waals surface area (Å²) in [7, 11) is 1.85. The second-order valence-corrected chi connectivity index (χ2v) is 8.17. The molecule has 0 unspecified atom stereocenters. The van der Waals surface area contributed by atoms with Crippen LogP contribution in [0.25, 0.3) is 10.9 Å². The summed E-state index contributed by atoms with van der Waals surface area (Å²) in [5, 5.41) is 1.19. The van der Waals surface area contributed by atoms with E-state index in [1.54, 1.807) is 17.0 Å². The van der Waals surface area contributed by atoms with E-state index in [2.05, 4.69) is 81.1 Å². The summed E-state index contributed by atoms with van der Waals surface area (Å²) in [4.78, 5) is 16.9. The molecule has 4 nitrogen and oxygen atoms in total. The molecular weight excluding hydrogens is 414 g/mol. The number of carbonyl (C=O) groups is 1. The minimum atomic E-state index is 0.0685. The van der Waals surface area contributed by atoms with Crippen molar-refractivity contribution in [1.29, 1.82) is 0 Å². The van der Waals surface area contributed by atoms with Gasteiger partial charge in [-0.05, 0) is 35.2 Å². The Labute approximate surface area is 173 Å². The fourth-order valence-electron chi connectivity index (χ4n) is 3.71. The Kier molecular flexibility index (Phi) is 5.18. The highest BCUT2D eigenvalue weighted by Crippen LogP contribution is 2.32. The van der Waals surface area contributed by atoms with Gasteiger partial charge >= 0.3 is 0 Å². The molecule has 2 aromatic heterocycles. The molecule has 0 bridgehead atoms. The maximum absolute atomic E-state index is 12.7. The Hall–Kier alpha value is -2.66. The van der Waals surface area contributed by atoms with Crippen LogP contribution < -0.4 is 0 Å². The first-order valence-corrected chi connectivity index (χ1v) is 10.1.